The average Bonchev–Trinajstić information content (AvgIpc) is 3.43. The lowest BCUT2D eigenvalue weighted by Crippen LogP contribution is -2.05. The summed E-state index contributed by atoms with van der Waals surface area (Å²) in [5.41, 5.74) is 5.47. The molecular weight excluding hydrogens is 430 g/mol. The Morgan fingerprint density at radius 2 is 1.94 bits per heavy atom. The van der Waals surface area contributed by atoms with E-state index in [2.05, 4.69) is 25.6 Å². The lowest BCUT2D eigenvalue weighted by atomic mass is 10.1. The van der Waals surface area contributed by atoms with Crippen LogP contribution >= 0.6 is 0 Å². The predicted molar refractivity (Wildman–Crippen MR) is 126 cm³/mol. The molecule has 10 heteroatoms. The van der Waals surface area contributed by atoms with Crippen LogP contribution in [-0.2, 0) is 7.05 Å². The molecule has 0 aliphatic heterocycles. The van der Waals surface area contributed by atoms with Crippen LogP contribution in [0.15, 0.2) is 54.9 Å². The number of imidazole rings is 1. The van der Waals surface area contributed by atoms with Crippen molar-refractivity contribution in [1.82, 2.24) is 34.5 Å². The number of aryl methyl sites for hydroxylation is 2. The van der Waals surface area contributed by atoms with E-state index >= 15 is 0 Å². The maximum atomic E-state index is 10.3. The number of nitrogens with zero attached hydrogens (tertiary/aromatic N) is 8. The van der Waals surface area contributed by atoms with Gasteiger partial charge in [-0.05, 0) is 50.2 Å². The summed E-state index contributed by atoms with van der Waals surface area (Å²) in [6.45, 7) is 3.57. The number of benzene rings is 1. The topological polar surface area (TPSA) is 130 Å². The molecule has 2 N–H and O–H groups in total. The molecule has 168 valence electrons. The van der Waals surface area contributed by atoms with Crippen LogP contribution in [-0.4, -0.2) is 39.6 Å². The molecule has 5 rings (SSSR count). The Labute approximate surface area is 195 Å². The number of rotatable bonds is 5. The van der Waals surface area contributed by atoms with E-state index in [9.17, 15) is 10.4 Å². The minimum atomic E-state index is -0.741. The third-order valence-corrected chi connectivity index (χ3v) is 5.46. The molecule has 0 amide bonds. The zero-order valence-electron chi connectivity index (χ0n) is 18.8. The molecule has 0 aliphatic rings. The first-order valence-corrected chi connectivity index (χ1v) is 10.6. The van der Waals surface area contributed by atoms with Crippen molar-refractivity contribution in [2.24, 2.45) is 7.05 Å². The quantitative estimate of drug-likeness (QED) is 0.415. The molecule has 0 spiro atoms. The smallest absolute Gasteiger partial charge is 0.163 e. The molecule has 0 saturated heterocycles. The van der Waals surface area contributed by atoms with Crippen LogP contribution in [0.4, 0.5) is 11.5 Å². The maximum Gasteiger partial charge on any atom is 0.163 e. The molecule has 0 fully saturated rings. The monoisotopic (exact) mass is 451 g/mol. The Morgan fingerprint density at radius 1 is 1.09 bits per heavy atom. The van der Waals surface area contributed by atoms with Gasteiger partial charge in [0.15, 0.2) is 11.5 Å². The Balaban J connectivity index is 1.55. The number of nitriles is 1. The number of aliphatic hydroxyl groups excluding tert-OH is 1. The molecule has 1 aromatic carbocycles. The third-order valence-electron chi connectivity index (χ3n) is 5.46. The van der Waals surface area contributed by atoms with Crippen LogP contribution in [0.1, 0.15) is 30.0 Å². The molecule has 1 atom stereocenters. The minimum absolute atomic E-state index is 0.285. The van der Waals surface area contributed by atoms with E-state index in [0.717, 1.165) is 22.4 Å². The fourth-order valence-electron chi connectivity index (χ4n) is 3.77. The van der Waals surface area contributed by atoms with Crippen LogP contribution in [0, 0.1) is 18.3 Å². The maximum absolute atomic E-state index is 10.3. The van der Waals surface area contributed by atoms with E-state index in [4.69, 9.17) is 4.98 Å². The zero-order chi connectivity index (χ0) is 23.8. The lowest BCUT2D eigenvalue weighted by Gasteiger charge is -2.14. The molecule has 0 aliphatic carbocycles. The molecule has 1 unspecified atom stereocenters. The molecule has 0 radical (unpaired) electrons. The molecular formula is C24H21N9O. The summed E-state index contributed by atoms with van der Waals surface area (Å²) in [4.78, 5) is 9.37. The Kier molecular flexibility index (Phi) is 5.24. The summed E-state index contributed by atoms with van der Waals surface area (Å²) in [6, 6.07) is 17.0. The van der Waals surface area contributed by atoms with Gasteiger partial charge in [0.2, 0.25) is 0 Å². The number of hydrogen-bond acceptors (Lipinski definition) is 8. The standard InChI is InChI=1S/C24H21N9O/c1-14-4-8-22(30-29-14)27-16-5-7-20-19(10-16)26-13-33(20)23-9-6-18(15(2)34)24(28-23)21-11-17(12-25)31-32(21)3/h4-11,13,15,34H,1-3H3,(H,27,30). The van der Waals surface area contributed by atoms with Crippen molar-refractivity contribution in [3.63, 3.8) is 0 Å². The van der Waals surface area contributed by atoms with E-state index in [1.807, 2.05) is 60.0 Å². The van der Waals surface area contributed by atoms with Crippen LogP contribution < -0.4 is 5.32 Å². The number of nitrogens with one attached hydrogen (secondary N) is 1. The van der Waals surface area contributed by atoms with Crippen molar-refractivity contribution >= 4 is 22.5 Å². The van der Waals surface area contributed by atoms with E-state index < -0.39 is 6.10 Å². The highest BCUT2D eigenvalue weighted by Gasteiger charge is 2.18. The highest BCUT2D eigenvalue weighted by atomic mass is 16.3. The minimum Gasteiger partial charge on any atom is -0.389 e. The lowest BCUT2D eigenvalue weighted by molar-refractivity contribution is 0.199. The summed E-state index contributed by atoms with van der Waals surface area (Å²) in [5.74, 6) is 1.28. The second kappa shape index (κ2) is 8.38. The molecule has 0 saturated carbocycles. The predicted octanol–water partition coefficient (Wildman–Crippen LogP) is 3.59. The van der Waals surface area contributed by atoms with Gasteiger partial charge in [0.05, 0.1) is 34.2 Å². The van der Waals surface area contributed by atoms with E-state index in [1.54, 1.807) is 31.0 Å². The second-order valence-electron chi connectivity index (χ2n) is 7.94. The van der Waals surface area contributed by atoms with Gasteiger partial charge in [-0.1, -0.05) is 6.07 Å². The van der Waals surface area contributed by atoms with Gasteiger partial charge in [-0.2, -0.15) is 15.5 Å². The fraction of sp³-hybridized carbons (Fsp3) is 0.167. The molecule has 0 bridgehead atoms. The first kappa shape index (κ1) is 21.2. The Bertz CT molecular complexity index is 1540. The highest BCUT2D eigenvalue weighted by molar-refractivity contribution is 5.82. The van der Waals surface area contributed by atoms with Crippen molar-refractivity contribution in [2.75, 3.05) is 5.32 Å². The van der Waals surface area contributed by atoms with Gasteiger partial charge in [0.1, 0.15) is 18.2 Å². The number of hydrogen-bond donors (Lipinski definition) is 2. The summed E-state index contributed by atoms with van der Waals surface area (Å²) in [5, 5.41) is 35.2. The fourth-order valence-corrected chi connectivity index (χ4v) is 3.77. The molecule has 10 nitrogen and oxygen atoms in total. The zero-order valence-corrected chi connectivity index (χ0v) is 18.8. The first-order chi connectivity index (χ1) is 16.4. The van der Waals surface area contributed by atoms with Crippen LogP contribution in [0.25, 0.3) is 28.2 Å². The Hall–Kier alpha value is -4.62. The third kappa shape index (κ3) is 3.85. The SMILES string of the molecule is Cc1ccc(Nc2ccc3c(c2)ncn3-c2ccc(C(C)O)c(-c3cc(C#N)nn3C)n2)nn1. The van der Waals surface area contributed by atoms with Crippen LogP contribution in [0.5, 0.6) is 0 Å². The molecule has 4 aromatic heterocycles. The van der Waals surface area contributed by atoms with Gasteiger partial charge in [-0.15, -0.1) is 5.10 Å². The number of anilines is 2. The van der Waals surface area contributed by atoms with Crippen molar-refractivity contribution in [3.8, 4) is 23.3 Å². The van der Waals surface area contributed by atoms with Crippen LogP contribution in [0.2, 0.25) is 0 Å². The van der Waals surface area contributed by atoms with Gasteiger partial charge in [-0.3, -0.25) is 9.25 Å². The van der Waals surface area contributed by atoms with Crippen molar-refractivity contribution in [2.45, 2.75) is 20.0 Å². The van der Waals surface area contributed by atoms with E-state index in [1.165, 1.54) is 0 Å². The van der Waals surface area contributed by atoms with Crippen molar-refractivity contribution in [3.05, 3.63) is 71.8 Å². The largest absolute Gasteiger partial charge is 0.389 e. The van der Waals surface area contributed by atoms with Gasteiger partial charge < -0.3 is 10.4 Å². The number of pyridine rings is 1. The average molecular weight is 451 g/mol. The molecule has 4 heterocycles. The van der Waals surface area contributed by atoms with Crippen LogP contribution in [0.3, 0.4) is 0 Å². The van der Waals surface area contributed by atoms with Crippen molar-refractivity contribution in [1.29, 1.82) is 5.26 Å². The first-order valence-electron chi connectivity index (χ1n) is 10.6. The van der Waals surface area contributed by atoms with Gasteiger partial charge in [0, 0.05) is 24.4 Å². The second-order valence-corrected chi connectivity index (χ2v) is 7.94. The molecule has 5 aromatic rings. The number of aliphatic hydroxyl groups is 1. The summed E-state index contributed by atoms with van der Waals surface area (Å²) >= 11 is 0. The summed E-state index contributed by atoms with van der Waals surface area (Å²) in [6.07, 6.45) is 0.966. The van der Waals surface area contributed by atoms with Gasteiger partial charge in [0.25, 0.3) is 0 Å². The Morgan fingerprint density at radius 3 is 2.65 bits per heavy atom. The van der Waals surface area contributed by atoms with Gasteiger partial charge >= 0.3 is 0 Å². The molecule has 34 heavy (non-hydrogen) atoms. The van der Waals surface area contributed by atoms with E-state index in [-0.39, 0.29) is 5.69 Å². The summed E-state index contributed by atoms with van der Waals surface area (Å²) in [7, 11) is 1.75. The van der Waals surface area contributed by atoms with Crippen molar-refractivity contribution < 1.29 is 5.11 Å². The van der Waals surface area contributed by atoms with Gasteiger partial charge in [-0.25, -0.2) is 9.97 Å². The highest BCUT2D eigenvalue weighted by Crippen LogP contribution is 2.29. The number of aromatic nitrogens is 7. The summed E-state index contributed by atoms with van der Waals surface area (Å²) < 4.78 is 3.47. The van der Waals surface area contributed by atoms with E-state index in [0.29, 0.717) is 28.6 Å². The normalized spacial score (nSPS) is 12.0. The number of fused-ring (bicyclic) bond motifs is 1.